The fourth-order valence-electron chi connectivity index (χ4n) is 4.19. The van der Waals surface area contributed by atoms with Gasteiger partial charge in [-0.1, -0.05) is 0 Å². The first-order valence-corrected chi connectivity index (χ1v) is 12.6. The Morgan fingerprint density at radius 2 is 2.00 bits per heavy atom. The molecule has 1 aromatic carbocycles. The van der Waals surface area contributed by atoms with E-state index in [9.17, 15) is 13.2 Å². The van der Waals surface area contributed by atoms with Gasteiger partial charge in [0, 0.05) is 24.7 Å². The molecule has 12 heteroatoms. The summed E-state index contributed by atoms with van der Waals surface area (Å²) in [5.74, 6) is 0. The number of hydrogen-bond acceptors (Lipinski definition) is 9. The Hall–Kier alpha value is -2.70. The number of nitrogens with zero attached hydrogens (tertiary/aromatic N) is 4. The van der Waals surface area contributed by atoms with Gasteiger partial charge < -0.3 is 14.1 Å². The Morgan fingerprint density at radius 3 is 2.59 bits per heavy atom. The third-order valence-electron chi connectivity index (χ3n) is 5.51. The summed E-state index contributed by atoms with van der Waals surface area (Å²) in [4.78, 5) is 25.1. The van der Waals surface area contributed by atoms with E-state index in [2.05, 4.69) is 9.97 Å². The van der Waals surface area contributed by atoms with E-state index in [1.165, 1.54) is 23.5 Å². The van der Waals surface area contributed by atoms with Crippen LogP contribution in [-0.2, 0) is 14.8 Å². The van der Waals surface area contributed by atoms with Gasteiger partial charge in [0.15, 0.2) is 5.58 Å². The summed E-state index contributed by atoms with van der Waals surface area (Å²) in [7, 11) is -3.93. The predicted molar refractivity (Wildman–Crippen MR) is 119 cm³/mol. The number of benzene rings is 1. The first-order valence-electron chi connectivity index (χ1n) is 10.1. The third kappa shape index (κ3) is 3.71. The van der Waals surface area contributed by atoms with Gasteiger partial charge in [0.1, 0.15) is 16.1 Å². The maximum Gasteiger partial charge on any atom is 0.410 e. The van der Waals surface area contributed by atoms with Crippen molar-refractivity contribution in [2.24, 2.45) is 5.14 Å². The molecule has 170 valence electrons. The molecule has 3 fully saturated rings. The minimum Gasteiger partial charge on any atom is -0.444 e. The van der Waals surface area contributed by atoms with Gasteiger partial charge in [0.25, 0.3) is 6.01 Å². The van der Waals surface area contributed by atoms with E-state index >= 15 is 0 Å². The lowest BCUT2D eigenvalue weighted by atomic mass is 9.88. The van der Waals surface area contributed by atoms with E-state index in [-0.39, 0.29) is 23.1 Å². The number of oxazole rings is 1. The van der Waals surface area contributed by atoms with Crippen LogP contribution in [0.5, 0.6) is 0 Å². The monoisotopic (exact) mass is 477 g/mol. The van der Waals surface area contributed by atoms with E-state index in [0.29, 0.717) is 40.8 Å². The molecule has 32 heavy (non-hydrogen) atoms. The second kappa shape index (κ2) is 7.15. The number of hydrogen-bond donors (Lipinski definition) is 1. The number of aromatic nitrogens is 2. The molecule has 0 saturated carbocycles. The van der Waals surface area contributed by atoms with Gasteiger partial charge in [0.2, 0.25) is 10.0 Å². The lowest BCUT2D eigenvalue weighted by Crippen LogP contribution is -2.70. The molecule has 6 rings (SSSR count). The van der Waals surface area contributed by atoms with Crippen molar-refractivity contribution < 1.29 is 22.4 Å². The van der Waals surface area contributed by atoms with Crippen molar-refractivity contribution in [2.45, 2.75) is 49.8 Å². The van der Waals surface area contributed by atoms with E-state index in [1.54, 1.807) is 16.5 Å². The molecule has 0 spiro atoms. The van der Waals surface area contributed by atoms with Crippen molar-refractivity contribution in [2.75, 3.05) is 18.0 Å². The Labute approximate surface area is 189 Å². The molecule has 3 aliphatic heterocycles. The lowest BCUT2D eigenvalue weighted by Gasteiger charge is -2.55. The number of thiazole rings is 1. The van der Waals surface area contributed by atoms with Gasteiger partial charge in [-0.25, -0.2) is 23.3 Å². The van der Waals surface area contributed by atoms with Crippen molar-refractivity contribution >= 4 is 44.6 Å². The van der Waals surface area contributed by atoms with E-state index in [0.717, 1.165) is 6.42 Å². The zero-order chi connectivity index (χ0) is 22.8. The van der Waals surface area contributed by atoms with Gasteiger partial charge in [-0.05, 0) is 39.3 Å². The molecule has 0 radical (unpaired) electrons. The van der Waals surface area contributed by atoms with Crippen LogP contribution in [0.25, 0.3) is 21.7 Å². The molecular formula is C20H23N5O5S2. The number of fused-ring (bicyclic) bond motifs is 3. The number of carbonyl (C=O) groups excluding carboxylic acids is 1. The molecule has 1 amide bonds. The van der Waals surface area contributed by atoms with Crippen molar-refractivity contribution in [3.8, 4) is 10.6 Å². The van der Waals surface area contributed by atoms with Crippen LogP contribution in [0.2, 0.25) is 0 Å². The average molecular weight is 478 g/mol. The molecule has 2 bridgehead atoms. The Morgan fingerprint density at radius 1 is 1.28 bits per heavy atom. The maximum atomic E-state index is 12.5. The molecular weight excluding hydrogens is 454 g/mol. The Balaban J connectivity index is 1.46. The van der Waals surface area contributed by atoms with E-state index in [1.807, 2.05) is 25.7 Å². The van der Waals surface area contributed by atoms with Gasteiger partial charge in [0.05, 0.1) is 22.5 Å². The number of carbonyl (C=O) groups is 1. The van der Waals surface area contributed by atoms with Crippen molar-refractivity contribution in [1.29, 1.82) is 0 Å². The van der Waals surface area contributed by atoms with Crippen LogP contribution in [0, 0.1) is 0 Å². The minimum absolute atomic E-state index is 0.0111. The molecule has 3 aromatic rings. The summed E-state index contributed by atoms with van der Waals surface area (Å²) in [5.41, 5.74) is 0.817. The molecule has 0 aliphatic carbocycles. The quantitative estimate of drug-likeness (QED) is 0.609. The molecule has 2 unspecified atom stereocenters. The number of rotatable bonds is 3. The van der Waals surface area contributed by atoms with Gasteiger partial charge in [-0.2, -0.15) is 4.98 Å². The van der Waals surface area contributed by atoms with Gasteiger partial charge in [-0.3, -0.25) is 4.90 Å². The second-order valence-corrected chi connectivity index (χ2v) is 11.5. The molecule has 2 aromatic heterocycles. The largest absolute Gasteiger partial charge is 0.444 e. The number of nitrogens with two attached hydrogens (primary N) is 1. The highest BCUT2D eigenvalue weighted by molar-refractivity contribution is 7.89. The van der Waals surface area contributed by atoms with Crippen LogP contribution in [-0.4, -0.2) is 60.2 Å². The van der Waals surface area contributed by atoms with Crippen LogP contribution < -0.4 is 10.0 Å². The fourth-order valence-corrected chi connectivity index (χ4v) is 5.40. The first kappa shape index (κ1) is 21.2. The molecule has 5 heterocycles. The number of piperazine rings is 1. The smallest absolute Gasteiger partial charge is 0.410 e. The topological polar surface area (TPSA) is 132 Å². The molecule has 3 saturated heterocycles. The number of anilines is 1. The number of piperidine rings is 1. The maximum absolute atomic E-state index is 12.5. The van der Waals surface area contributed by atoms with E-state index in [4.69, 9.17) is 14.3 Å². The lowest BCUT2D eigenvalue weighted by molar-refractivity contribution is -0.0386. The Bertz CT molecular complexity index is 1280. The highest BCUT2D eigenvalue weighted by Crippen LogP contribution is 2.39. The van der Waals surface area contributed by atoms with Crippen molar-refractivity contribution in [3.05, 3.63) is 23.7 Å². The van der Waals surface area contributed by atoms with Crippen LogP contribution in [0.4, 0.5) is 10.8 Å². The highest BCUT2D eigenvalue weighted by atomic mass is 32.2. The summed E-state index contributed by atoms with van der Waals surface area (Å²) in [6, 6.07) is 3.27. The zero-order valence-electron chi connectivity index (χ0n) is 17.8. The van der Waals surface area contributed by atoms with Crippen LogP contribution in [0.15, 0.2) is 33.0 Å². The predicted octanol–water partition coefficient (Wildman–Crippen LogP) is 2.80. The molecule has 2 atom stereocenters. The Kier molecular flexibility index (Phi) is 4.73. The van der Waals surface area contributed by atoms with Crippen LogP contribution in [0.3, 0.4) is 0 Å². The summed E-state index contributed by atoms with van der Waals surface area (Å²) in [5, 5.41) is 7.78. The standard InChI is InChI=1S/C20H23N5O5S2/c1-20(2,3)30-19(26)25-11-6-12(25)10-24(9-11)18-23-15-8-13(32(21,27)28)7-14(16(15)29-18)17-22-4-5-31-17/h4-5,7-8,11-12H,6,9-10H2,1-3H3,(H2,21,27,28). The van der Waals surface area contributed by atoms with Crippen molar-refractivity contribution in [1.82, 2.24) is 14.9 Å². The van der Waals surface area contributed by atoms with Crippen LogP contribution >= 0.6 is 11.3 Å². The minimum atomic E-state index is -3.93. The average Bonchev–Trinajstić information content (AvgIpc) is 3.34. The fraction of sp³-hybridized carbons (Fsp3) is 0.450. The summed E-state index contributed by atoms with van der Waals surface area (Å²) >= 11 is 1.36. The normalized spacial score (nSPS) is 21.0. The second-order valence-electron chi connectivity index (χ2n) is 9.03. The zero-order valence-corrected chi connectivity index (χ0v) is 19.4. The highest BCUT2D eigenvalue weighted by Gasteiger charge is 2.49. The van der Waals surface area contributed by atoms with Gasteiger partial charge in [-0.15, -0.1) is 11.3 Å². The van der Waals surface area contributed by atoms with E-state index < -0.39 is 15.6 Å². The summed E-state index contributed by atoms with van der Waals surface area (Å²) in [6.07, 6.45) is 2.23. The van der Waals surface area contributed by atoms with Gasteiger partial charge >= 0.3 is 6.09 Å². The number of primary sulfonamides is 1. The van der Waals surface area contributed by atoms with Crippen molar-refractivity contribution in [3.63, 3.8) is 0 Å². The first-order chi connectivity index (χ1) is 15.0. The number of ether oxygens (including phenoxy) is 1. The summed E-state index contributed by atoms with van der Waals surface area (Å²) in [6.45, 7) is 6.65. The SMILES string of the molecule is CC(C)(C)OC(=O)N1C2CC1CN(c1nc3cc(S(N)(=O)=O)cc(-c4nccs4)c3o1)C2. The number of amides is 1. The molecule has 10 nitrogen and oxygen atoms in total. The third-order valence-corrected chi connectivity index (χ3v) is 7.21. The summed E-state index contributed by atoms with van der Waals surface area (Å²) < 4.78 is 35.6. The van der Waals surface area contributed by atoms with Crippen LogP contribution in [0.1, 0.15) is 27.2 Å². The molecule has 3 aliphatic rings. The molecule has 2 N–H and O–H groups in total. The number of sulfonamides is 1.